The van der Waals surface area contributed by atoms with Crippen LogP contribution in [-0.4, -0.2) is 60.6 Å². The molecule has 1 heterocycles. The fraction of sp³-hybridized carbons (Fsp3) is 0.917. The number of hydrogen-bond acceptors (Lipinski definition) is 3. The summed E-state index contributed by atoms with van der Waals surface area (Å²) in [7, 11) is 1.98. The largest absolute Gasteiger partial charge is 0.377 e. The Hall–Kier alpha value is -0.610. The van der Waals surface area contributed by atoms with Crippen LogP contribution in [-0.2, 0) is 9.53 Å². The van der Waals surface area contributed by atoms with Crippen molar-refractivity contribution in [3.8, 4) is 0 Å². The summed E-state index contributed by atoms with van der Waals surface area (Å²) >= 11 is 0. The molecule has 1 amide bonds. The number of carbonyl (C=O) groups excluding carboxylic acids is 1. The van der Waals surface area contributed by atoms with Gasteiger partial charge in [0, 0.05) is 12.6 Å². The van der Waals surface area contributed by atoms with Gasteiger partial charge in [-0.25, -0.2) is 0 Å². The number of nitrogens with zero attached hydrogens (tertiary/aromatic N) is 2. The molecule has 1 aliphatic rings. The van der Waals surface area contributed by atoms with Crippen LogP contribution in [0.4, 0.5) is 0 Å². The van der Waals surface area contributed by atoms with Gasteiger partial charge in [0.25, 0.3) is 0 Å². The third-order valence-electron chi connectivity index (χ3n) is 3.21. The van der Waals surface area contributed by atoms with Crippen molar-refractivity contribution < 1.29 is 9.53 Å². The van der Waals surface area contributed by atoms with Crippen LogP contribution in [0.2, 0.25) is 0 Å². The second-order valence-corrected chi connectivity index (χ2v) is 5.42. The van der Waals surface area contributed by atoms with Gasteiger partial charge in [-0.15, -0.1) is 0 Å². The maximum absolute atomic E-state index is 12.2. The molecule has 0 unspecified atom stereocenters. The number of hydrogen-bond donors (Lipinski definition) is 0. The molecule has 1 aliphatic heterocycles. The second kappa shape index (κ2) is 5.15. The van der Waals surface area contributed by atoms with Crippen molar-refractivity contribution in [3.05, 3.63) is 0 Å². The minimum absolute atomic E-state index is 0.173. The van der Waals surface area contributed by atoms with Crippen molar-refractivity contribution in [3.63, 3.8) is 0 Å². The molecule has 0 N–H and O–H groups in total. The van der Waals surface area contributed by atoms with E-state index >= 15 is 0 Å². The highest BCUT2D eigenvalue weighted by Gasteiger charge is 2.34. The first-order valence-electron chi connectivity index (χ1n) is 5.93. The Labute approximate surface area is 98.5 Å². The molecule has 4 nitrogen and oxygen atoms in total. The lowest BCUT2D eigenvalue weighted by Crippen LogP contribution is -2.57. The van der Waals surface area contributed by atoms with Crippen LogP contribution in [0.25, 0.3) is 0 Å². The summed E-state index contributed by atoms with van der Waals surface area (Å²) in [4.78, 5) is 16.2. The molecule has 0 aromatic rings. The minimum atomic E-state index is -0.173. The van der Waals surface area contributed by atoms with Gasteiger partial charge < -0.3 is 9.64 Å². The van der Waals surface area contributed by atoms with Gasteiger partial charge in [-0.3, -0.25) is 9.69 Å². The summed E-state index contributed by atoms with van der Waals surface area (Å²) in [5.74, 6) is 0.199. The highest BCUT2D eigenvalue weighted by Crippen LogP contribution is 2.19. The normalized spacial score (nSPS) is 20.6. The van der Waals surface area contributed by atoms with E-state index in [2.05, 4.69) is 32.6 Å². The Balaban J connectivity index is 2.58. The van der Waals surface area contributed by atoms with Crippen LogP contribution >= 0.6 is 0 Å². The standard InChI is InChI=1S/C12H24N2O2/c1-10(2)13(5)8-11(15)14-6-7-16-9-12(14,3)4/h10H,6-9H2,1-5H3. The van der Waals surface area contributed by atoms with Crippen LogP contribution in [0, 0.1) is 0 Å². The van der Waals surface area contributed by atoms with Gasteiger partial charge in [0.1, 0.15) is 0 Å². The van der Waals surface area contributed by atoms with Gasteiger partial charge in [-0.1, -0.05) is 0 Å². The third kappa shape index (κ3) is 3.19. The van der Waals surface area contributed by atoms with E-state index in [1.165, 1.54) is 0 Å². The Morgan fingerprint density at radius 2 is 2.12 bits per heavy atom. The SMILES string of the molecule is CC(C)N(C)CC(=O)N1CCOCC1(C)C. The number of morpholine rings is 1. The molecule has 0 aliphatic carbocycles. The van der Waals surface area contributed by atoms with Crippen LogP contribution in [0.5, 0.6) is 0 Å². The molecule has 1 saturated heterocycles. The van der Waals surface area contributed by atoms with Crippen LogP contribution in [0.15, 0.2) is 0 Å². The zero-order chi connectivity index (χ0) is 12.3. The van der Waals surface area contributed by atoms with Crippen LogP contribution in [0.3, 0.4) is 0 Å². The lowest BCUT2D eigenvalue weighted by atomic mass is 10.0. The van der Waals surface area contributed by atoms with Gasteiger partial charge >= 0.3 is 0 Å². The number of ether oxygens (including phenoxy) is 1. The van der Waals surface area contributed by atoms with Crippen molar-refractivity contribution in [2.75, 3.05) is 33.4 Å². The van der Waals surface area contributed by atoms with Crippen molar-refractivity contribution in [1.29, 1.82) is 0 Å². The van der Waals surface area contributed by atoms with Gasteiger partial charge in [0.2, 0.25) is 5.91 Å². The molecule has 0 bridgehead atoms. The second-order valence-electron chi connectivity index (χ2n) is 5.42. The van der Waals surface area contributed by atoms with Crippen molar-refractivity contribution in [1.82, 2.24) is 9.80 Å². The first-order chi connectivity index (χ1) is 7.34. The zero-order valence-corrected chi connectivity index (χ0v) is 11.1. The number of rotatable bonds is 3. The minimum Gasteiger partial charge on any atom is -0.377 e. The molecule has 1 fully saturated rings. The third-order valence-corrected chi connectivity index (χ3v) is 3.21. The molecular weight excluding hydrogens is 204 g/mol. The van der Waals surface area contributed by atoms with E-state index < -0.39 is 0 Å². The van der Waals surface area contributed by atoms with Gasteiger partial charge in [-0.05, 0) is 34.7 Å². The molecule has 0 radical (unpaired) electrons. The van der Waals surface area contributed by atoms with E-state index in [-0.39, 0.29) is 11.4 Å². The number of carbonyl (C=O) groups is 1. The molecule has 0 atom stereocenters. The number of amides is 1. The average Bonchev–Trinajstić information content (AvgIpc) is 2.16. The van der Waals surface area contributed by atoms with Crippen molar-refractivity contribution in [2.24, 2.45) is 0 Å². The predicted molar refractivity (Wildman–Crippen MR) is 64.4 cm³/mol. The number of likely N-dealkylation sites (N-methyl/N-ethyl adjacent to an activating group) is 1. The maximum Gasteiger partial charge on any atom is 0.237 e. The molecular formula is C12H24N2O2. The van der Waals surface area contributed by atoms with Crippen LogP contribution in [0.1, 0.15) is 27.7 Å². The van der Waals surface area contributed by atoms with E-state index in [0.717, 1.165) is 0 Å². The maximum atomic E-state index is 12.2. The molecule has 1 rings (SSSR count). The Morgan fingerprint density at radius 3 is 2.62 bits per heavy atom. The van der Waals surface area contributed by atoms with Gasteiger partial charge in [0.05, 0.1) is 25.3 Å². The van der Waals surface area contributed by atoms with Gasteiger partial charge in [-0.2, -0.15) is 0 Å². The Bertz CT molecular complexity index is 251. The lowest BCUT2D eigenvalue weighted by molar-refractivity contribution is -0.147. The molecule has 0 aromatic heterocycles. The molecule has 0 aromatic carbocycles. The first kappa shape index (κ1) is 13.5. The average molecular weight is 228 g/mol. The first-order valence-corrected chi connectivity index (χ1v) is 5.93. The molecule has 94 valence electrons. The fourth-order valence-corrected chi connectivity index (χ4v) is 1.80. The van der Waals surface area contributed by atoms with Crippen molar-refractivity contribution in [2.45, 2.75) is 39.3 Å². The summed E-state index contributed by atoms with van der Waals surface area (Å²) < 4.78 is 5.41. The summed E-state index contributed by atoms with van der Waals surface area (Å²) in [6, 6.07) is 0.396. The van der Waals surface area contributed by atoms with E-state index in [4.69, 9.17) is 4.74 Å². The quantitative estimate of drug-likeness (QED) is 0.721. The molecule has 0 saturated carbocycles. The van der Waals surface area contributed by atoms with Gasteiger partial charge in [0.15, 0.2) is 0 Å². The van der Waals surface area contributed by atoms with E-state index in [0.29, 0.717) is 32.3 Å². The molecule has 0 spiro atoms. The van der Waals surface area contributed by atoms with Crippen LogP contribution < -0.4 is 0 Å². The Kier molecular flexibility index (Phi) is 4.33. The smallest absolute Gasteiger partial charge is 0.237 e. The topological polar surface area (TPSA) is 32.8 Å². The van der Waals surface area contributed by atoms with Crippen molar-refractivity contribution >= 4 is 5.91 Å². The lowest BCUT2D eigenvalue weighted by Gasteiger charge is -2.42. The van der Waals surface area contributed by atoms with E-state index in [1.54, 1.807) is 0 Å². The summed E-state index contributed by atoms with van der Waals surface area (Å²) in [6.45, 7) is 10.8. The van der Waals surface area contributed by atoms with E-state index in [9.17, 15) is 4.79 Å². The monoisotopic (exact) mass is 228 g/mol. The molecule has 4 heteroatoms. The summed E-state index contributed by atoms with van der Waals surface area (Å²) in [6.07, 6.45) is 0. The molecule has 16 heavy (non-hydrogen) atoms. The summed E-state index contributed by atoms with van der Waals surface area (Å²) in [5.41, 5.74) is -0.173. The summed E-state index contributed by atoms with van der Waals surface area (Å²) in [5, 5.41) is 0. The van der Waals surface area contributed by atoms with E-state index in [1.807, 2.05) is 11.9 Å². The fourth-order valence-electron chi connectivity index (χ4n) is 1.80. The highest BCUT2D eigenvalue weighted by molar-refractivity contribution is 5.79. The highest BCUT2D eigenvalue weighted by atomic mass is 16.5. The zero-order valence-electron chi connectivity index (χ0n) is 11.1. The predicted octanol–water partition coefficient (Wildman–Crippen LogP) is 0.964. The Morgan fingerprint density at radius 1 is 1.50 bits per heavy atom.